The van der Waals surface area contributed by atoms with Gasteiger partial charge in [0.05, 0.1) is 6.10 Å². The van der Waals surface area contributed by atoms with Crippen LogP contribution >= 0.6 is 0 Å². The average Bonchev–Trinajstić information content (AvgIpc) is 2.44. The van der Waals surface area contributed by atoms with Gasteiger partial charge in [-0.15, -0.1) is 0 Å². The third-order valence-corrected chi connectivity index (χ3v) is 2.40. The summed E-state index contributed by atoms with van der Waals surface area (Å²) in [5.74, 6) is 0. The summed E-state index contributed by atoms with van der Waals surface area (Å²) < 4.78 is 5.35. The normalized spacial score (nSPS) is 18.6. The molecule has 2 nitrogen and oxygen atoms in total. The minimum Gasteiger partial charge on any atom is -0.368 e. The molecule has 13 heavy (non-hydrogen) atoms. The zero-order valence-corrected chi connectivity index (χ0v) is 7.73. The van der Waals surface area contributed by atoms with E-state index in [9.17, 15) is 0 Å². The van der Waals surface area contributed by atoms with E-state index in [0.29, 0.717) is 0 Å². The minimum atomic E-state index is -0.653. The SMILES string of the molecule is CC(O)OC1Cc2ccccc2C1. The van der Waals surface area contributed by atoms with Gasteiger partial charge in [-0.3, -0.25) is 0 Å². The monoisotopic (exact) mass is 178 g/mol. The van der Waals surface area contributed by atoms with Gasteiger partial charge in [-0.1, -0.05) is 24.3 Å². The Labute approximate surface area is 78.2 Å². The molecule has 0 amide bonds. The standard InChI is InChI=1S/C11H14O2/c1-8(12)13-11-6-9-4-2-3-5-10(9)7-11/h2-5,8,11-12H,6-7H2,1H3. The van der Waals surface area contributed by atoms with Crippen LogP contribution in [0.5, 0.6) is 0 Å². The lowest BCUT2D eigenvalue weighted by Gasteiger charge is -2.12. The minimum absolute atomic E-state index is 0.164. The van der Waals surface area contributed by atoms with Crippen molar-refractivity contribution in [1.29, 1.82) is 0 Å². The van der Waals surface area contributed by atoms with Gasteiger partial charge in [0.1, 0.15) is 0 Å². The Morgan fingerprint density at radius 3 is 2.31 bits per heavy atom. The summed E-state index contributed by atoms with van der Waals surface area (Å²) in [5.41, 5.74) is 2.71. The van der Waals surface area contributed by atoms with Crippen LogP contribution in [0.1, 0.15) is 18.1 Å². The van der Waals surface area contributed by atoms with Crippen molar-refractivity contribution < 1.29 is 9.84 Å². The molecule has 0 spiro atoms. The van der Waals surface area contributed by atoms with Crippen LogP contribution in [0.3, 0.4) is 0 Å². The molecule has 0 fully saturated rings. The second kappa shape index (κ2) is 3.48. The molecule has 2 heteroatoms. The lowest BCUT2D eigenvalue weighted by molar-refractivity contribution is -0.120. The highest BCUT2D eigenvalue weighted by Crippen LogP contribution is 2.24. The van der Waals surface area contributed by atoms with Crippen LogP contribution in [0.2, 0.25) is 0 Å². The lowest BCUT2D eigenvalue weighted by Crippen LogP contribution is -2.19. The van der Waals surface area contributed by atoms with Gasteiger partial charge in [-0.25, -0.2) is 0 Å². The fourth-order valence-corrected chi connectivity index (χ4v) is 1.89. The first-order chi connectivity index (χ1) is 6.25. The van der Waals surface area contributed by atoms with Crippen LogP contribution in [0.15, 0.2) is 24.3 Å². The van der Waals surface area contributed by atoms with Crippen molar-refractivity contribution in [1.82, 2.24) is 0 Å². The van der Waals surface area contributed by atoms with Crippen LogP contribution in [0.4, 0.5) is 0 Å². The fraction of sp³-hybridized carbons (Fsp3) is 0.455. The van der Waals surface area contributed by atoms with Crippen LogP contribution in [-0.2, 0) is 17.6 Å². The first-order valence-electron chi connectivity index (χ1n) is 4.66. The van der Waals surface area contributed by atoms with Gasteiger partial charge in [-0.05, 0) is 30.9 Å². The summed E-state index contributed by atoms with van der Waals surface area (Å²) >= 11 is 0. The Morgan fingerprint density at radius 1 is 1.31 bits per heavy atom. The molecule has 0 aromatic heterocycles. The highest BCUT2D eigenvalue weighted by atomic mass is 16.6. The van der Waals surface area contributed by atoms with E-state index in [0.717, 1.165) is 12.8 Å². The van der Waals surface area contributed by atoms with Gasteiger partial charge >= 0.3 is 0 Å². The fourth-order valence-electron chi connectivity index (χ4n) is 1.89. The maximum Gasteiger partial charge on any atom is 0.152 e. The summed E-state index contributed by atoms with van der Waals surface area (Å²) in [6.45, 7) is 1.66. The topological polar surface area (TPSA) is 29.5 Å². The van der Waals surface area contributed by atoms with Gasteiger partial charge < -0.3 is 9.84 Å². The van der Waals surface area contributed by atoms with Gasteiger partial charge in [0, 0.05) is 0 Å². The lowest BCUT2D eigenvalue weighted by atomic mass is 10.1. The van der Waals surface area contributed by atoms with Gasteiger partial charge in [0.25, 0.3) is 0 Å². The molecule has 1 aliphatic carbocycles. The maximum atomic E-state index is 9.07. The van der Waals surface area contributed by atoms with Crippen molar-refractivity contribution in [2.24, 2.45) is 0 Å². The third kappa shape index (κ3) is 1.90. The number of hydrogen-bond acceptors (Lipinski definition) is 2. The Balaban J connectivity index is 2.05. The second-order valence-corrected chi connectivity index (χ2v) is 3.53. The molecule has 1 N–H and O–H groups in total. The zero-order valence-electron chi connectivity index (χ0n) is 7.73. The molecule has 1 unspecified atom stereocenters. The van der Waals surface area contributed by atoms with Crippen molar-refractivity contribution in [3.8, 4) is 0 Å². The van der Waals surface area contributed by atoms with Gasteiger partial charge in [0.2, 0.25) is 0 Å². The summed E-state index contributed by atoms with van der Waals surface area (Å²) in [7, 11) is 0. The molecule has 1 aliphatic rings. The summed E-state index contributed by atoms with van der Waals surface area (Å²) in [4.78, 5) is 0. The first kappa shape index (κ1) is 8.73. The Hall–Kier alpha value is -0.860. The highest BCUT2D eigenvalue weighted by Gasteiger charge is 2.22. The molecule has 0 bridgehead atoms. The molecular weight excluding hydrogens is 164 g/mol. The molecule has 0 saturated heterocycles. The average molecular weight is 178 g/mol. The van der Waals surface area contributed by atoms with E-state index in [2.05, 4.69) is 12.1 Å². The second-order valence-electron chi connectivity index (χ2n) is 3.53. The number of aliphatic hydroxyl groups excluding tert-OH is 1. The molecule has 1 aromatic rings. The van der Waals surface area contributed by atoms with Crippen molar-refractivity contribution >= 4 is 0 Å². The predicted octanol–water partition coefficient (Wildman–Crippen LogP) is 1.51. The van der Waals surface area contributed by atoms with E-state index >= 15 is 0 Å². The molecule has 2 rings (SSSR count). The van der Waals surface area contributed by atoms with E-state index in [1.807, 2.05) is 12.1 Å². The van der Waals surface area contributed by atoms with Crippen LogP contribution < -0.4 is 0 Å². The Morgan fingerprint density at radius 2 is 1.85 bits per heavy atom. The molecular formula is C11H14O2. The third-order valence-electron chi connectivity index (χ3n) is 2.40. The molecule has 70 valence electrons. The number of rotatable bonds is 2. The quantitative estimate of drug-likeness (QED) is 0.695. The molecule has 0 saturated carbocycles. The van der Waals surface area contributed by atoms with Crippen LogP contribution in [0.25, 0.3) is 0 Å². The van der Waals surface area contributed by atoms with Crippen LogP contribution in [-0.4, -0.2) is 17.5 Å². The van der Waals surface area contributed by atoms with E-state index in [1.54, 1.807) is 6.92 Å². The van der Waals surface area contributed by atoms with E-state index in [1.165, 1.54) is 11.1 Å². The molecule has 0 heterocycles. The van der Waals surface area contributed by atoms with Crippen molar-refractivity contribution in [3.63, 3.8) is 0 Å². The van der Waals surface area contributed by atoms with Crippen molar-refractivity contribution in [2.75, 3.05) is 0 Å². The van der Waals surface area contributed by atoms with Crippen molar-refractivity contribution in [3.05, 3.63) is 35.4 Å². The van der Waals surface area contributed by atoms with E-state index in [4.69, 9.17) is 9.84 Å². The Bertz CT molecular complexity index is 269. The number of fused-ring (bicyclic) bond motifs is 1. The zero-order chi connectivity index (χ0) is 9.26. The number of hydrogen-bond donors (Lipinski definition) is 1. The number of ether oxygens (including phenoxy) is 1. The van der Waals surface area contributed by atoms with E-state index in [-0.39, 0.29) is 6.10 Å². The molecule has 1 aromatic carbocycles. The number of benzene rings is 1. The Kier molecular flexibility index (Phi) is 2.34. The molecule has 0 aliphatic heterocycles. The van der Waals surface area contributed by atoms with Gasteiger partial charge in [-0.2, -0.15) is 0 Å². The molecule has 1 atom stereocenters. The number of aliphatic hydroxyl groups is 1. The summed E-state index contributed by atoms with van der Waals surface area (Å²) in [5, 5.41) is 9.07. The van der Waals surface area contributed by atoms with Crippen LogP contribution in [0, 0.1) is 0 Å². The summed E-state index contributed by atoms with van der Waals surface area (Å²) in [6, 6.07) is 8.34. The largest absolute Gasteiger partial charge is 0.368 e. The molecule has 0 radical (unpaired) electrons. The highest BCUT2D eigenvalue weighted by molar-refractivity contribution is 5.32. The first-order valence-corrected chi connectivity index (χ1v) is 4.66. The summed E-state index contributed by atoms with van der Waals surface area (Å²) in [6.07, 6.45) is 1.37. The predicted molar refractivity (Wildman–Crippen MR) is 50.4 cm³/mol. The maximum absolute atomic E-state index is 9.07. The smallest absolute Gasteiger partial charge is 0.152 e. The van der Waals surface area contributed by atoms with E-state index < -0.39 is 6.29 Å². The van der Waals surface area contributed by atoms with Gasteiger partial charge in [0.15, 0.2) is 6.29 Å². The van der Waals surface area contributed by atoms with Crippen molar-refractivity contribution in [2.45, 2.75) is 32.2 Å².